The predicted octanol–water partition coefficient (Wildman–Crippen LogP) is 2.03. The van der Waals surface area contributed by atoms with Crippen molar-refractivity contribution >= 4 is 11.3 Å². The topological polar surface area (TPSA) is 43.4 Å². The molecule has 0 amide bonds. The summed E-state index contributed by atoms with van der Waals surface area (Å²) in [5, 5.41) is 6.85. The molecule has 1 aromatic rings. The van der Waals surface area contributed by atoms with Gasteiger partial charge in [0.05, 0.1) is 17.7 Å². The molecule has 1 aliphatic heterocycles. The third-order valence-corrected chi connectivity index (χ3v) is 4.93. The van der Waals surface area contributed by atoms with Gasteiger partial charge in [0.25, 0.3) is 0 Å². The summed E-state index contributed by atoms with van der Waals surface area (Å²) in [6.45, 7) is 7.71. The standard InChI is InChI=1S/C14H24N2O2S/c1-11-9-19-13(16-11)8-14(4-6-18-12(14)2)10-15-5-7-17-3/h9,12,15H,4-8,10H2,1-3H3. The Morgan fingerprint density at radius 3 is 3.05 bits per heavy atom. The highest BCUT2D eigenvalue weighted by Gasteiger charge is 2.41. The molecule has 2 rings (SSSR count). The molecule has 0 aromatic carbocycles. The Morgan fingerprint density at radius 2 is 2.47 bits per heavy atom. The molecule has 5 heteroatoms. The molecule has 19 heavy (non-hydrogen) atoms. The Morgan fingerprint density at radius 1 is 1.63 bits per heavy atom. The fourth-order valence-corrected chi connectivity index (χ4v) is 3.57. The van der Waals surface area contributed by atoms with Crippen molar-refractivity contribution < 1.29 is 9.47 Å². The van der Waals surface area contributed by atoms with Crippen LogP contribution < -0.4 is 5.32 Å². The van der Waals surface area contributed by atoms with Crippen molar-refractivity contribution in [3.05, 3.63) is 16.1 Å². The van der Waals surface area contributed by atoms with Crippen molar-refractivity contribution in [2.24, 2.45) is 5.41 Å². The van der Waals surface area contributed by atoms with E-state index in [-0.39, 0.29) is 11.5 Å². The van der Waals surface area contributed by atoms with Gasteiger partial charge in [-0.3, -0.25) is 0 Å². The van der Waals surface area contributed by atoms with Crippen molar-refractivity contribution in [3.63, 3.8) is 0 Å². The normalized spacial score (nSPS) is 27.0. The van der Waals surface area contributed by atoms with Crippen LogP contribution in [0.3, 0.4) is 0 Å². The minimum Gasteiger partial charge on any atom is -0.383 e. The van der Waals surface area contributed by atoms with Crippen molar-refractivity contribution in [2.75, 3.05) is 33.4 Å². The average Bonchev–Trinajstić information content (AvgIpc) is 2.94. The van der Waals surface area contributed by atoms with Gasteiger partial charge in [0.1, 0.15) is 0 Å². The van der Waals surface area contributed by atoms with Crippen molar-refractivity contribution in [3.8, 4) is 0 Å². The maximum absolute atomic E-state index is 5.81. The van der Waals surface area contributed by atoms with Gasteiger partial charge >= 0.3 is 0 Å². The van der Waals surface area contributed by atoms with Gasteiger partial charge in [0, 0.05) is 49.7 Å². The molecule has 0 spiro atoms. The fraction of sp³-hybridized carbons (Fsp3) is 0.786. The molecular weight excluding hydrogens is 260 g/mol. The molecule has 1 fully saturated rings. The van der Waals surface area contributed by atoms with Crippen molar-refractivity contribution in [1.82, 2.24) is 10.3 Å². The number of hydrogen-bond acceptors (Lipinski definition) is 5. The van der Waals surface area contributed by atoms with Crippen LogP contribution in [0.5, 0.6) is 0 Å². The lowest BCUT2D eigenvalue weighted by Crippen LogP contribution is -2.42. The zero-order chi connectivity index (χ0) is 13.7. The van der Waals surface area contributed by atoms with Crippen LogP contribution >= 0.6 is 11.3 Å². The van der Waals surface area contributed by atoms with Gasteiger partial charge in [-0.05, 0) is 20.3 Å². The first-order valence-electron chi connectivity index (χ1n) is 6.88. The monoisotopic (exact) mass is 284 g/mol. The molecule has 0 radical (unpaired) electrons. The summed E-state index contributed by atoms with van der Waals surface area (Å²) in [5.74, 6) is 0. The third kappa shape index (κ3) is 3.75. The first kappa shape index (κ1) is 14.9. The number of ether oxygens (including phenoxy) is 2. The van der Waals surface area contributed by atoms with Gasteiger partial charge in [0.2, 0.25) is 0 Å². The summed E-state index contributed by atoms with van der Waals surface area (Å²) >= 11 is 1.76. The van der Waals surface area contributed by atoms with Crippen LogP contribution in [-0.4, -0.2) is 44.5 Å². The van der Waals surface area contributed by atoms with E-state index in [1.807, 2.05) is 0 Å². The van der Waals surface area contributed by atoms with Gasteiger partial charge in [-0.25, -0.2) is 4.98 Å². The van der Waals surface area contributed by atoms with Crippen LogP contribution in [0.1, 0.15) is 24.0 Å². The van der Waals surface area contributed by atoms with Gasteiger partial charge in [-0.2, -0.15) is 0 Å². The molecule has 0 saturated carbocycles. The average molecular weight is 284 g/mol. The van der Waals surface area contributed by atoms with Gasteiger partial charge in [-0.15, -0.1) is 11.3 Å². The summed E-state index contributed by atoms with van der Waals surface area (Å²) < 4.78 is 10.9. The summed E-state index contributed by atoms with van der Waals surface area (Å²) in [5.41, 5.74) is 1.30. The molecular formula is C14H24N2O2S. The molecule has 2 unspecified atom stereocenters. The van der Waals surface area contributed by atoms with E-state index in [1.165, 1.54) is 5.01 Å². The van der Waals surface area contributed by atoms with Crippen LogP contribution in [0.2, 0.25) is 0 Å². The Labute approximate surface area is 119 Å². The second-order valence-corrected chi connectivity index (χ2v) is 6.30. The van der Waals surface area contributed by atoms with E-state index in [4.69, 9.17) is 9.47 Å². The Balaban J connectivity index is 1.98. The number of methoxy groups -OCH3 is 1. The molecule has 4 nitrogen and oxygen atoms in total. The summed E-state index contributed by atoms with van der Waals surface area (Å²) in [4.78, 5) is 4.61. The lowest BCUT2D eigenvalue weighted by Gasteiger charge is -2.32. The number of nitrogens with zero attached hydrogens (tertiary/aromatic N) is 1. The molecule has 1 saturated heterocycles. The zero-order valence-corrected chi connectivity index (χ0v) is 12.9. The Kier molecular flexibility index (Phi) is 5.33. The number of aromatic nitrogens is 1. The minimum absolute atomic E-state index is 0.179. The van der Waals surface area contributed by atoms with Crippen LogP contribution in [0.15, 0.2) is 5.38 Å². The van der Waals surface area contributed by atoms with E-state index in [0.29, 0.717) is 0 Å². The molecule has 1 aromatic heterocycles. The third-order valence-electron chi connectivity index (χ3n) is 3.96. The highest BCUT2D eigenvalue weighted by Crippen LogP contribution is 2.38. The molecule has 1 aliphatic rings. The van der Waals surface area contributed by atoms with E-state index >= 15 is 0 Å². The van der Waals surface area contributed by atoms with Gasteiger partial charge in [0.15, 0.2) is 0 Å². The SMILES string of the molecule is COCCNCC1(Cc2nc(C)cs2)CCOC1C. The van der Waals surface area contributed by atoms with Crippen molar-refractivity contribution in [1.29, 1.82) is 0 Å². The smallest absolute Gasteiger partial charge is 0.0935 e. The van der Waals surface area contributed by atoms with E-state index in [0.717, 1.165) is 44.8 Å². The second kappa shape index (κ2) is 6.79. The minimum atomic E-state index is 0.179. The van der Waals surface area contributed by atoms with Crippen LogP contribution in [-0.2, 0) is 15.9 Å². The van der Waals surface area contributed by atoms with Crippen LogP contribution in [0, 0.1) is 12.3 Å². The Hall–Kier alpha value is -0.490. The molecule has 1 N–H and O–H groups in total. The fourth-order valence-electron chi connectivity index (χ4n) is 2.64. The number of rotatable bonds is 7. The quantitative estimate of drug-likeness (QED) is 0.778. The molecule has 2 heterocycles. The van der Waals surface area contributed by atoms with Gasteiger partial charge < -0.3 is 14.8 Å². The largest absolute Gasteiger partial charge is 0.383 e. The van der Waals surface area contributed by atoms with Crippen LogP contribution in [0.4, 0.5) is 0 Å². The first-order valence-corrected chi connectivity index (χ1v) is 7.76. The summed E-state index contributed by atoms with van der Waals surface area (Å²) in [6, 6.07) is 0. The predicted molar refractivity (Wildman–Crippen MR) is 77.8 cm³/mol. The summed E-state index contributed by atoms with van der Waals surface area (Å²) in [7, 11) is 1.73. The molecule has 2 atom stereocenters. The maximum Gasteiger partial charge on any atom is 0.0935 e. The highest BCUT2D eigenvalue weighted by atomic mass is 32.1. The zero-order valence-electron chi connectivity index (χ0n) is 12.1. The molecule has 0 aliphatic carbocycles. The number of thiazole rings is 1. The maximum atomic E-state index is 5.81. The van der Waals surface area contributed by atoms with E-state index in [9.17, 15) is 0 Å². The van der Waals surface area contributed by atoms with E-state index < -0.39 is 0 Å². The Bertz CT molecular complexity index is 397. The highest BCUT2D eigenvalue weighted by molar-refractivity contribution is 7.09. The van der Waals surface area contributed by atoms with Crippen molar-refractivity contribution in [2.45, 2.75) is 32.8 Å². The lowest BCUT2D eigenvalue weighted by atomic mass is 9.78. The first-order chi connectivity index (χ1) is 9.16. The number of aryl methyl sites for hydroxylation is 1. The lowest BCUT2D eigenvalue weighted by molar-refractivity contribution is 0.0619. The molecule has 0 bridgehead atoms. The molecule has 108 valence electrons. The number of hydrogen-bond donors (Lipinski definition) is 1. The van der Waals surface area contributed by atoms with E-state index in [1.54, 1.807) is 18.4 Å². The van der Waals surface area contributed by atoms with Crippen LogP contribution in [0.25, 0.3) is 0 Å². The van der Waals surface area contributed by atoms with E-state index in [2.05, 4.69) is 29.5 Å². The summed E-state index contributed by atoms with van der Waals surface area (Å²) in [6.07, 6.45) is 2.39. The second-order valence-electron chi connectivity index (χ2n) is 5.35. The van der Waals surface area contributed by atoms with Gasteiger partial charge in [-0.1, -0.05) is 0 Å². The number of nitrogens with one attached hydrogen (secondary N) is 1.